The van der Waals surface area contributed by atoms with Gasteiger partial charge in [-0.1, -0.05) is 18.2 Å². The average molecular weight is 456 g/mol. The van der Waals surface area contributed by atoms with Crippen molar-refractivity contribution in [3.05, 3.63) is 54.4 Å². The number of hydrogen-bond donors (Lipinski definition) is 2. The van der Waals surface area contributed by atoms with E-state index in [1.165, 1.54) is 42.5 Å². The van der Waals surface area contributed by atoms with Crippen molar-refractivity contribution < 1.29 is 35.9 Å². The fraction of sp³-hybridized carbons (Fsp3) is 0.167. The Balaban J connectivity index is 1.67. The molecule has 2 aromatic carbocycles. The van der Waals surface area contributed by atoms with Crippen LogP contribution in [0, 0.1) is 0 Å². The molecule has 0 aliphatic carbocycles. The molecule has 0 saturated carbocycles. The third-order valence-corrected chi connectivity index (χ3v) is 4.92. The van der Waals surface area contributed by atoms with Gasteiger partial charge in [-0.25, -0.2) is 18.5 Å². The van der Waals surface area contributed by atoms with E-state index >= 15 is 0 Å². The highest BCUT2D eigenvalue weighted by Crippen LogP contribution is 2.31. The molecule has 3 aromatic rings. The molecule has 13 heteroatoms. The molecule has 0 unspecified atom stereocenters. The molecule has 1 heterocycles. The maximum absolute atomic E-state index is 13.3. The number of sulfonamides is 1. The first kappa shape index (κ1) is 22.2. The minimum atomic E-state index is -4.80. The number of nitrogens with zero attached hydrogens (tertiary/aromatic N) is 2. The van der Waals surface area contributed by atoms with E-state index in [0.717, 1.165) is 6.07 Å². The smallest absolute Gasteiger partial charge is 0.449 e. The standard InChI is InChI=1S/C18H15F3N4O5S/c19-18(20,21)17-24-13-6-1-2-7-14(13)25(17)9-16(27)30-10-15(26)23-11-4-3-5-12(8-11)31(22,28)29/h1-8H,9-10H2,(H,23,26)(H2,22,28,29). The third kappa shape index (κ3) is 5.38. The zero-order valence-corrected chi connectivity index (χ0v) is 16.4. The minimum Gasteiger partial charge on any atom is -0.454 e. The number of alkyl halides is 3. The number of para-hydroxylation sites is 2. The normalized spacial score (nSPS) is 12.0. The number of primary sulfonamides is 1. The van der Waals surface area contributed by atoms with Gasteiger partial charge in [-0.15, -0.1) is 0 Å². The summed E-state index contributed by atoms with van der Waals surface area (Å²) in [6.45, 7) is -1.62. The highest BCUT2D eigenvalue weighted by Gasteiger charge is 2.38. The van der Waals surface area contributed by atoms with Gasteiger partial charge in [0.2, 0.25) is 15.8 Å². The van der Waals surface area contributed by atoms with Gasteiger partial charge in [-0.3, -0.25) is 9.59 Å². The molecule has 0 spiro atoms. The molecule has 3 rings (SSSR count). The van der Waals surface area contributed by atoms with E-state index in [2.05, 4.69) is 10.3 Å². The summed E-state index contributed by atoms with van der Waals surface area (Å²) in [7, 11) is -3.99. The van der Waals surface area contributed by atoms with E-state index in [0.29, 0.717) is 4.57 Å². The number of hydrogen-bond acceptors (Lipinski definition) is 6. The number of anilines is 1. The molecular formula is C18H15F3N4O5S. The molecule has 0 aliphatic heterocycles. The molecule has 1 amide bonds. The number of fused-ring (bicyclic) bond motifs is 1. The zero-order chi connectivity index (χ0) is 22.8. The minimum absolute atomic E-state index is 0.0510. The van der Waals surface area contributed by atoms with Crippen LogP contribution in [0.5, 0.6) is 0 Å². The lowest BCUT2D eigenvalue weighted by Crippen LogP contribution is -2.25. The topological polar surface area (TPSA) is 133 Å². The Kier molecular flexibility index (Phi) is 5.99. The molecule has 31 heavy (non-hydrogen) atoms. The molecule has 164 valence electrons. The zero-order valence-electron chi connectivity index (χ0n) is 15.6. The lowest BCUT2D eigenvalue weighted by molar-refractivity contribution is -0.152. The second-order valence-corrected chi connectivity index (χ2v) is 7.85. The second-order valence-electron chi connectivity index (χ2n) is 6.29. The van der Waals surface area contributed by atoms with Crippen LogP contribution in [0.2, 0.25) is 0 Å². The first-order valence-corrected chi connectivity index (χ1v) is 10.1. The van der Waals surface area contributed by atoms with Crippen molar-refractivity contribution in [2.45, 2.75) is 17.6 Å². The SMILES string of the molecule is NS(=O)(=O)c1cccc(NC(=O)COC(=O)Cn2c(C(F)(F)F)nc3ccccc32)c1. The predicted octanol–water partition coefficient (Wildman–Crippen LogP) is 1.88. The molecule has 3 N–H and O–H groups in total. The van der Waals surface area contributed by atoms with Crippen molar-refractivity contribution in [2.75, 3.05) is 11.9 Å². The summed E-state index contributed by atoms with van der Waals surface area (Å²) >= 11 is 0. The number of amides is 1. The van der Waals surface area contributed by atoms with E-state index in [1.807, 2.05) is 0 Å². The Morgan fingerprint density at radius 3 is 2.52 bits per heavy atom. The average Bonchev–Trinajstić information content (AvgIpc) is 3.05. The number of halogens is 3. The molecule has 9 nitrogen and oxygen atoms in total. The number of imidazole rings is 1. The fourth-order valence-corrected chi connectivity index (χ4v) is 3.28. The Morgan fingerprint density at radius 1 is 1.13 bits per heavy atom. The predicted molar refractivity (Wildman–Crippen MR) is 102 cm³/mol. The van der Waals surface area contributed by atoms with Crippen LogP contribution in [-0.4, -0.2) is 36.5 Å². The summed E-state index contributed by atoms with van der Waals surface area (Å²) in [5, 5.41) is 7.30. The van der Waals surface area contributed by atoms with Gasteiger partial charge < -0.3 is 14.6 Å². The van der Waals surface area contributed by atoms with Gasteiger partial charge in [-0.05, 0) is 30.3 Å². The Morgan fingerprint density at radius 2 is 1.84 bits per heavy atom. The van der Waals surface area contributed by atoms with Gasteiger partial charge in [0.1, 0.15) is 6.54 Å². The molecule has 0 atom stereocenters. The van der Waals surface area contributed by atoms with Crippen LogP contribution in [0.25, 0.3) is 11.0 Å². The first-order chi connectivity index (χ1) is 14.4. The quantitative estimate of drug-likeness (QED) is 0.544. The third-order valence-electron chi connectivity index (χ3n) is 4.01. The number of nitrogens with one attached hydrogen (secondary N) is 1. The molecular weight excluding hydrogens is 441 g/mol. The number of rotatable bonds is 6. The Labute approximate surface area is 173 Å². The van der Waals surface area contributed by atoms with Gasteiger partial charge in [0.15, 0.2) is 6.61 Å². The molecule has 0 fully saturated rings. The largest absolute Gasteiger partial charge is 0.454 e. The maximum atomic E-state index is 13.3. The van der Waals surface area contributed by atoms with Crippen molar-refractivity contribution in [3.63, 3.8) is 0 Å². The molecule has 0 radical (unpaired) electrons. The Hall–Kier alpha value is -3.45. The van der Waals surface area contributed by atoms with Crippen molar-refractivity contribution in [3.8, 4) is 0 Å². The number of ether oxygens (including phenoxy) is 1. The number of nitrogens with two attached hydrogens (primary N) is 1. The summed E-state index contributed by atoms with van der Waals surface area (Å²) in [5.41, 5.74) is 0.207. The van der Waals surface area contributed by atoms with Crippen molar-refractivity contribution in [2.24, 2.45) is 5.14 Å². The summed E-state index contributed by atoms with van der Waals surface area (Å²) in [6.07, 6.45) is -4.80. The van der Waals surface area contributed by atoms with Crippen LogP contribution in [-0.2, 0) is 37.1 Å². The number of carbonyl (C=O) groups is 2. The van der Waals surface area contributed by atoms with Crippen molar-refractivity contribution >= 4 is 38.6 Å². The second kappa shape index (κ2) is 8.35. The monoisotopic (exact) mass is 456 g/mol. The number of carbonyl (C=O) groups excluding carboxylic acids is 2. The lowest BCUT2D eigenvalue weighted by Gasteiger charge is -2.11. The highest BCUT2D eigenvalue weighted by molar-refractivity contribution is 7.89. The van der Waals surface area contributed by atoms with E-state index in [4.69, 9.17) is 9.88 Å². The van der Waals surface area contributed by atoms with Gasteiger partial charge in [0, 0.05) is 5.69 Å². The van der Waals surface area contributed by atoms with E-state index in [9.17, 15) is 31.2 Å². The number of esters is 1. The van der Waals surface area contributed by atoms with Crippen molar-refractivity contribution in [1.82, 2.24) is 9.55 Å². The van der Waals surface area contributed by atoms with E-state index in [1.54, 1.807) is 0 Å². The molecule has 0 bridgehead atoms. The van der Waals surface area contributed by atoms with Crippen molar-refractivity contribution in [1.29, 1.82) is 0 Å². The summed E-state index contributed by atoms with van der Waals surface area (Å²) in [4.78, 5) is 27.3. The van der Waals surface area contributed by atoms with E-state index in [-0.39, 0.29) is 21.6 Å². The molecule has 1 aromatic heterocycles. The van der Waals surface area contributed by atoms with Gasteiger partial charge in [0.05, 0.1) is 15.9 Å². The Bertz CT molecular complexity index is 1250. The maximum Gasteiger partial charge on any atom is 0.449 e. The summed E-state index contributed by atoms with van der Waals surface area (Å²) < 4.78 is 67.9. The van der Waals surface area contributed by atoms with Crippen LogP contribution in [0.1, 0.15) is 5.82 Å². The van der Waals surface area contributed by atoms with Crippen LogP contribution in [0.15, 0.2) is 53.4 Å². The lowest BCUT2D eigenvalue weighted by atomic mass is 10.3. The van der Waals surface area contributed by atoms with Gasteiger partial charge >= 0.3 is 12.1 Å². The van der Waals surface area contributed by atoms with Crippen LogP contribution in [0.4, 0.5) is 18.9 Å². The number of benzene rings is 2. The van der Waals surface area contributed by atoms with Crippen LogP contribution in [0.3, 0.4) is 0 Å². The first-order valence-electron chi connectivity index (χ1n) is 8.56. The molecule has 0 saturated heterocycles. The van der Waals surface area contributed by atoms with Gasteiger partial charge in [-0.2, -0.15) is 13.2 Å². The van der Waals surface area contributed by atoms with Crippen LogP contribution < -0.4 is 10.5 Å². The van der Waals surface area contributed by atoms with Gasteiger partial charge in [0.25, 0.3) is 5.91 Å². The number of aromatic nitrogens is 2. The van der Waals surface area contributed by atoms with Crippen LogP contribution >= 0.6 is 0 Å². The molecule has 0 aliphatic rings. The summed E-state index contributed by atoms with van der Waals surface area (Å²) in [5.74, 6) is -3.19. The van der Waals surface area contributed by atoms with E-state index < -0.39 is 47.1 Å². The fourth-order valence-electron chi connectivity index (χ4n) is 2.72. The summed E-state index contributed by atoms with van der Waals surface area (Å²) in [6, 6.07) is 10.8. The highest BCUT2D eigenvalue weighted by atomic mass is 32.2.